The van der Waals surface area contributed by atoms with Crippen molar-refractivity contribution in [2.75, 3.05) is 19.6 Å². The summed E-state index contributed by atoms with van der Waals surface area (Å²) in [6, 6.07) is 12.0. The van der Waals surface area contributed by atoms with Gasteiger partial charge in [0.25, 0.3) is 0 Å². The van der Waals surface area contributed by atoms with Crippen molar-refractivity contribution in [3.8, 4) is 5.75 Å². The first-order chi connectivity index (χ1) is 20.9. The SMILES string of the molecule is CC(C)C[C@@H]1C(=O)NCCCN1C(=O)[C@H](Cc1ccccc1)NC(=O)CNC(=O)[C@@H](C)NC(=O)[C@@H](N)Cc1ccc(O)cc1. The lowest BCUT2D eigenvalue weighted by Gasteiger charge is -2.33. The third kappa shape index (κ3) is 10.4. The van der Waals surface area contributed by atoms with Crippen LogP contribution in [-0.4, -0.2) is 83.3 Å². The number of carbonyl (C=O) groups excluding carboxylic acids is 5. The maximum absolute atomic E-state index is 13.9. The van der Waals surface area contributed by atoms with Gasteiger partial charge in [-0.1, -0.05) is 56.3 Å². The molecule has 12 nitrogen and oxygen atoms in total. The molecule has 2 aromatic carbocycles. The molecule has 0 radical (unpaired) electrons. The van der Waals surface area contributed by atoms with Crippen LogP contribution in [-0.2, 0) is 36.8 Å². The number of amides is 5. The fourth-order valence-electron chi connectivity index (χ4n) is 5.00. The molecule has 1 fully saturated rings. The average Bonchev–Trinajstić information content (AvgIpc) is 3.17. The van der Waals surface area contributed by atoms with Crippen LogP contribution in [0.4, 0.5) is 0 Å². The number of aromatic hydroxyl groups is 1. The van der Waals surface area contributed by atoms with Crippen LogP contribution in [0.1, 0.15) is 44.7 Å². The van der Waals surface area contributed by atoms with Crippen LogP contribution in [0.15, 0.2) is 54.6 Å². The van der Waals surface area contributed by atoms with E-state index in [1.54, 1.807) is 17.0 Å². The minimum absolute atomic E-state index is 0.0986. The second-order valence-electron chi connectivity index (χ2n) is 11.6. The van der Waals surface area contributed by atoms with Crippen molar-refractivity contribution in [3.05, 3.63) is 65.7 Å². The highest BCUT2D eigenvalue weighted by Crippen LogP contribution is 2.18. The smallest absolute Gasteiger partial charge is 0.246 e. The van der Waals surface area contributed by atoms with Gasteiger partial charge >= 0.3 is 0 Å². The molecule has 5 amide bonds. The Kier molecular flexibility index (Phi) is 12.7. The number of carbonyl (C=O) groups is 5. The zero-order valence-electron chi connectivity index (χ0n) is 25.5. The summed E-state index contributed by atoms with van der Waals surface area (Å²) in [6.45, 7) is 5.86. The maximum atomic E-state index is 13.9. The zero-order valence-corrected chi connectivity index (χ0v) is 25.5. The molecule has 0 unspecified atom stereocenters. The molecule has 4 atom stereocenters. The van der Waals surface area contributed by atoms with E-state index in [4.69, 9.17) is 5.73 Å². The first-order valence-corrected chi connectivity index (χ1v) is 15.0. The summed E-state index contributed by atoms with van der Waals surface area (Å²) in [6.07, 6.45) is 1.49. The van der Waals surface area contributed by atoms with Gasteiger partial charge in [0.2, 0.25) is 29.5 Å². The van der Waals surface area contributed by atoms with Crippen molar-refractivity contribution < 1.29 is 29.1 Å². The Morgan fingerprint density at radius 2 is 1.61 bits per heavy atom. The van der Waals surface area contributed by atoms with Gasteiger partial charge in [0.1, 0.15) is 23.9 Å². The van der Waals surface area contributed by atoms with Crippen LogP contribution in [0.3, 0.4) is 0 Å². The Labute approximate surface area is 258 Å². The van der Waals surface area contributed by atoms with Crippen LogP contribution in [0.25, 0.3) is 0 Å². The molecule has 7 N–H and O–H groups in total. The van der Waals surface area contributed by atoms with Gasteiger partial charge in [-0.25, -0.2) is 0 Å². The first kappa shape index (κ1) is 34.0. The first-order valence-electron chi connectivity index (χ1n) is 15.0. The van der Waals surface area contributed by atoms with Gasteiger partial charge in [0.05, 0.1) is 12.6 Å². The van der Waals surface area contributed by atoms with Crippen molar-refractivity contribution in [1.82, 2.24) is 26.2 Å². The summed E-state index contributed by atoms with van der Waals surface area (Å²) in [7, 11) is 0. The van der Waals surface area contributed by atoms with E-state index in [2.05, 4.69) is 21.3 Å². The van der Waals surface area contributed by atoms with Crippen LogP contribution < -0.4 is 27.0 Å². The molecule has 1 aliphatic rings. The molecule has 1 aliphatic heterocycles. The van der Waals surface area contributed by atoms with Crippen LogP contribution in [0.2, 0.25) is 0 Å². The molecule has 0 aliphatic carbocycles. The van der Waals surface area contributed by atoms with Crippen LogP contribution in [0.5, 0.6) is 5.75 Å². The van der Waals surface area contributed by atoms with Crippen molar-refractivity contribution >= 4 is 29.5 Å². The normalized spacial score (nSPS) is 17.1. The second-order valence-corrected chi connectivity index (χ2v) is 11.6. The molecule has 3 rings (SSSR count). The van der Waals surface area contributed by atoms with Crippen molar-refractivity contribution in [2.45, 2.75) is 70.6 Å². The maximum Gasteiger partial charge on any atom is 0.246 e. The van der Waals surface area contributed by atoms with Gasteiger partial charge in [-0.15, -0.1) is 0 Å². The molecule has 0 bridgehead atoms. The topological polar surface area (TPSA) is 183 Å². The number of hydrogen-bond acceptors (Lipinski definition) is 7. The summed E-state index contributed by atoms with van der Waals surface area (Å²) < 4.78 is 0. The summed E-state index contributed by atoms with van der Waals surface area (Å²) >= 11 is 0. The Morgan fingerprint density at radius 3 is 2.27 bits per heavy atom. The molecule has 1 heterocycles. The third-order valence-corrected chi connectivity index (χ3v) is 7.35. The molecule has 238 valence electrons. The number of benzene rings is 2. The Hall–Kier alpha value is -4.45. The highest BCUT2D eigenvalue weighted by Gasteiger charge is 2.36. The minimum atomic E-state index is -0.977. The Morgan fingerprint density at radius 1 is 0.955 bits per heavy atom. The van der Waals surface area contributed by atoms with E-state index in [0.717, 1.165) is 11.1 Å². The monoisotopic (exact) mass is 608 g/mol. The second kappa shape index (κ2) is 16.4. The molecular weight excluding hydrogens is 564 g/mol. The standard InChI is InChI=1S/C32H44N6O6/c1-20(2)16-27-31(43)34-14-7-15-38(27)32(44)26(18-22-8-5-4-6-9-22)37-28(40)19-35-29(41)21(3)36-30(42)25(33)17-23-10-12-24(39)13-11-23/h4-6,8-13,20-21,25-27,39H,7,14-19,33H2,1-3H3,(H,34,43)(H,35,41)(H,36,42)(H,37,40)/t21-,25+,26+,27-/m1/s1. The van der Waals surface area contributed by atoms with Gasteiger partial charge in [-0.3, -0.25) is 24.0 Å². The fraction of sp³-hybridized carbons (Fsp3) is 0.469. The molecular formula is C32H44N6O6. The van der Waals surface area contributed by atoms with Crippen molar-refractivity contribution in [3.63, 3.8) is 0 Å². The van der Waals surface area contributed by atoms with Crippen LogP contribution >= 0.6 is 0 Å². The van der Waals surface area contributed by atoms with Gasteiger partial charge in [0.15, 0.2) is 0 Å². The lowest BCUT2D eigenvalue weighted by atomic mass is 9.99. The van der Waals surface area contributed by atoms with E-state index >= 15 is 0 Å². The lowest BCUT2D eigenvalue weighted by Crippen LogP contribution is -2.57. The summed E-state index contributed by atoms with van der Waals surface area (Å²) in [5.74, 6) is -2.04. The summed E-state index contributed by atoms with van der Waals surface area (Å²) in [5, 5.41) is 20.1. The van der Waals surface area contributed by atoms with Gasteiger partial charge < -0.3 is 37.0 Å². The molecule has 1 saturated heterocycles. The lowest BCUT2D eigenvalue weighted by molar-refractivity contribution is -0.143. The predicted octanol–water partition coefficient (Wildman–Crippen LogP) is 0.374. The van der Waals surface area contributed by atoms with E-state index in [-0.39, 0.29) is 36.3 Å². The predicted molar refractivity (Wildman–Crippen MR) is 165 cm³/mol. The molecule has 0 aromatic heterocycles. The fourth-order valence-corrected chi connectivity index (χ4v) is 5.00. The van der Waals surface area contributed by atoms with E-state index in [1.807, 2.05) is 44.2 Å². The van der Waals surface area contributed by atoms with Crippen molar-refractivity contribution in [2.24, 2.45) is 11.7 Å². The number of phenols is 1. The summed E-state index contributed by atoms with van der Waals surface area (Å²) in [4.78, 5) is 66.5. The van der Waals surface area contributed by atoms with Gasteiger partial charge in [0, 0.05) is 19.5 Å². The van der Waals surface area contributed by atoms with Crippen LogP contribution in [0, 0.1) is 5.92 Å². The molecule has 0 saturated carbocycles. The summed E-state index contributed by atoms with van der Waals surface area (Å²) in [5.41, 5.74) is 7.56. The van der Waals surface area contributed by atoms with Gasteiger partial charge in [-0.2, -0.15) is 0 Å². The molecule has 12 heteroatoms. The van der Waals surface area contributed by atoms with Gasteiger partial charge in [-0.05, 0) is 55.4 Å². The largest absolute Gasteiger partial charge is 0.508 e. The number of nitrogens with zero attached hydrogens (tertiary/aromatic N) is 1. The Balaban J connectivity index is 1.61. The number of nitrogens with one attached hydrogen (secondary N) is 4. The number of phenolic OH excluding ortho intramolecular Hbond substituents is 1. The highest BCUT2D eigenvalue weighted by atomic mass is 16.3. The van der Waals surface area contributed by atoms with Crippen molar-refractivity contribution in [1.29, 1.82) is 0 Å². The van der Waals surface area contributed by atoms with E-state index < -0.39 is 48.4 Å². The number of nitrogens with two attached hydrogens (primary N) is 1. The minimum Gasteiger partial charge on any atom is -0.508 e. The zero-order chi connectivity index (χ0) is 32.2. The number of hydrogen-bond donors (Lipinski definition) is 6. The molecule has 2 aromatic rings. The van der Waals surface area contributed by atoms with E-state index in [1.165, 1.54) is 19.1 Å². The number of rotatable bonds is 13. The quantitative estimate of drug-likeness (QED) is 0.190. The Bertz CT molecular complexity index is 1290. The third-order valence-electron chi connectivity index (χ3n) is 7.35. The average molecular weight is 609 g/mol. The molecule has 44 heavy (non-hydrogen) atoms. The van der Waals surface area contributed by atoms with E-state index in [9.17, 15) is 29.1 Å². The molecule has 0 spiro atoms. The highest BCUT2D eigenvalue weighted by molar-refractivity contribution is 5.94. The van der Waals surface area contributed by atoms with E-state index in [0.29, 0.717) is 25.9 Å².